The van der Waals surface area contributed by atoms with Gasteiger partial charge in [0, 0.05) is 17.1 Å². The highest BCUT2D eigenvalue weighted by Crippen LogP contribution is 2.23. The summed E-state index contributed by atoms with van der Waals surface area (Å²) in [5.74, 6) is 1.66. The van der Waals surface area contributed by atoms with E-state index in [4.69, 9.17) is 9.47 Å². The number of benzene rings is 2. The second-order valence-electron chi connectivity index (χ2n) is 6.78. The van der Waals surface area contributed by atoms with Crippen LogP contribution in [0.3, 0.4) is 0 Å². The third-order valence-electron chi connectivity index (χ3n) is 4.60. The Morgan fingerprint density at radius 3 is 2.07 bits per heavy atom. The van der Waals surface area contributed by atoms with E-state index in [1.54, 1.807) is 25.6 Å². The lowest BCUT2D eigenvalue weighted by Gasteiger charge is -2.25. The first-order valence-corrected chi connectivity index (χ1v) is 10.3. The van der Waals surface area contributed by atoms with Gasteiger partial charge in [0.1, 0.15) is 11.5 Å². The molecular formula is C23H26N2O3S. The van der Waals surface area contributed by atoms with Crippen molar-refractivity contribution in [1.82, 2.24) is 4.90 Å². The van der Waals surface area contributed by atoms with Crippen molar-refractivity contribution in [1.29, 1.82) is 0 Å². The van der Waals surface area contributed by atoms with Crippen molar-refractivity contribution in [2.75, 3.05) is 32.7 Å². The van der Waals surface area contributed by atoms with E-state index in [-0.39, 0.29) is 5.91 Å². The fourth-order valence-electron chi connectivity index (χ4n) is 3.06. The maximum Gasteiger partial charge on any atom is 0.241 e. The first-order valence-electron chi connectivity index (χ1n) is 9.37. The standard InChI is InChI=1S/C23H26N2O3S/c1-24(15-18-6-10-20(27-2)11-7-18)17-23(26)25(16-22-5-4-14-29-22)19-8-12-21(28-3)13-9-19/h4-14H,15-17H2,1-3H3. The van der Waals surface area contributed by atoms with Gasteiger partial charge in [-0.05, 0) is 60.5 Å². The lowest BCUT2D eigenvalue weighted by Crippen LogP contribution is -2.38. The van der Waals surface area contributed by atoms with Crippen molar-refractivity contribution in [3.8, 4) is 11.5 Å². The second-order valence-corrected chi connectivity index (χ2v) is 7.81. The zero-order chi connectivity index (χ0) is 20.6. The third-order valence-corrected chi connectivity index (χ3v) is 5.46. The number of nitrogens with zero attached hydrogens (tertiary/aromatic N) is 2. The summed E-state index contributed by atoms with van der Waals surface area (Å²) in [6, 6.07) is 19.6. The van der Waals surface area contributed by atoms with Gasteiger partial charge < -0.3 is 14.4 Å². The molecule has 152 valence electrons. The predicted molar refractivity (Wildman–Crippen MR) is 118 cm³/mol. The van der Waals surface area contributed by atoms with Crippen molar-refractivity contribution in [3.05, 3.63) is 76.5 Å². The van der Waals surface area contributed by atoms with Crippen LogP contribution in [-0.2, 0) is 17.9 Å². The molecule has 0 saturated heterocycles. The van der Waals surface area contributed by atoms with Crippen LogP contribution in [0.2, 0.25) is 0 Å². The highest BCUT2D eigenvalue weighted by Gasteiger charge is 2.19. The predicted octanol–water partition coefficient (Wildman–Crippen LogP) is 4.43. The monoisotopic (exact) mass is 410 g/mol. The van der Waals surface area contributed by atoms with Gasteiger partial charge >= 0.3 is 0 Å². The molecule has 1 amide bonds. The summed E-state index contributed by atoms with van der Waals surface area (Å²) in [5, 5.41) is 2.03. The smallest absolute Gasteiger partial charge is 0.241 e. The Morgan fingerprint density at radius 1 is 0.897 bits per heavy atom. The van der Waals surface area contributed by atoms with Crippen LogP contribution in [0.4, 0.5) is 5.69 Å². The molecule has 6 heteroatoms. The SMILES string of the molecule is COc1ccc(CN(C)CC(=O)N(Cc2cccs2)c2ccc(OC)cc2)cc1. The van der Waals surface area contributed by atoms with Crippen LogP contribution in [0.25, 0.3) is 0 Å². The molecule has 0 atom stereocenters. The number of rotatable bonds is 9. The Hall–Kier alpha value is -2.83. The third kappa shape index (κ3) is 5.82. The van der Waals surface area contributed by atoms with E-state index >= 15 is 0 Å². The van der Waals surface area contributed by atoms with Gasteiger partial charge in [0.2, 0.25) is 5.91 Å². The quantitative estimate of drug-likeness (QED) is 0.523. The normalized spacial score (nSPS) is 10.8. The molecule has 3 rings (SSSR count). The summed E-state index contributed by atoms with van der Waals surface area (Å²) in [7, 11) is 5.25. The van der Waals surface area contributed by atoms with Crippen LogP contribution >= 0.6 is 11.3 Å². The molecule has 0 N–H and O–H groups in total. The van der Waals surface area contributed by atoms with Crippen molar-refractivity contribution in [3.63, 3.8) is 0 Å². The Morgan fingerprint density at radius 2 is 1.52 bits per heavy atom. The number of likely N-dealkylation sites (N-methyl/N-ethyl adjacent to an activating group) is 1. The maximum absolute atomic E-state index is 13.2. The number of methoxy groups -OCH3 is 2. The van der Waals surface area contributed by atoms with Gasteiger partial charge in [0.15, 0.2) is 0 Å². The van der Waals surface area contributed by atoms with E-state index < -0.39 is 0 Å². The second kappa shape index (κ2) is 10.1. The molecular weight excluding hydrogens is 384 g/mol. The Bertz CT molecular complexity index is 893. The summed E-state index contributed by atoms with van der Waals surface area (Å²) in [6.07, 6.45) is 0. The van der Waals surface area contributed by atoms with Gasteiger partial charge in [-0.2, -0.15) is 0 Å². The molecule has 0 saturated carbocycles. The lowest BCUT2D eigenvalue weighted by atomic mass is 10.2. The molecule has 1 heterocycles. The molecule has 0 bridgehead atoms. The largest absolute Gasteiger partial charge is 0.497 e. The van der Waals surface area contributed by atoms with Gasteiger partial charge in [0.05, 0.1) is 27.3 Å². The number of hydrogen-bond acceptors (Lipinski definition) is 5. The molecule has 0 aliphatic rings. The molecule has 0 spiro atoms. The van der Waals surface area contributed by atoms with E-state index in [1.807, 2.05) is 76.8 Å². The van der Waals surface area contributed by atoms with Crippen molar-refractivity contribution < 1.29 is 14.3 Å². The topological polar surface area (TPSA) is 42.0 Å². The first kappa shape index (κ1) is 20.9. The van der Waals surface area contributed by atoms with Crippen LogP contribution in [0.1, 0.15) is 10.4 Å². The van der Waals surface area contributed by atoms with Gasteiger partial charge in [-0.3, -0.25) is 9.69 Å². The van der Waals surface area contributed by atoms with Crippen LogP contribution < -0.4 is 14.4 Å². The Kier molecular flexibility index (Phi) is 7.27. The summed E-state index contributed by atoms with van der Waals surface area (Å²) >= 11 is 1.65. The number of amides is 1. The zero-order valence-electron chi connectivity index (χ0n) is 17.0. The van der Waals surface area contributed by atoms with Gasteiger partial charge in [0.25, 0.3) is 0 Å². The fraction of sp³-hybridized carbons (Fsp3) is 0.261. The molecule has 1 aromatic heterocycles. The maximum atomic E-state index is 13.2. The van der Waals surface area contributed by atoms with Gasteiger partial charge in [-0.25, -0.2) is 0 Å². The minimum atomic E-state index is 0.0552. The van der Waals surface area contributed by atoms with Gasteiger partial charge in [-0.1, -0.05) is 18.2 Å². The molecule has 5 nitrogen and oxygen atoms in total. The number of thiophene rings is 1. The highest BCUT2D eigenvalue weighted by atomic mass is 32.1. The minimum absolute atomic E-state index is 0.0552. The Labute approximate surface area is 176 Å². The molecule has 0 aliphatic carbocycles. The average Bonchev–Trinajstić information content (AvgIpc) is 3.26. The van der Waals surface area contributed by atoms with Crippen molar-refractivity contribution in [2.45, 2.75) is 13.1 Å². The highest BCUT2D eigenvalue weighted by molar-refractivity contribution is 7.09. The van der Waals surface area contributed by atoms with Gasteiger partial charge in [-0.15, -0.1) is 11.3 Å². The average molecular weight is 411 g/mol. The molecule has 0 fully saturated rings. The molecule has 3 aromatic rings. The summed E-state index contributed by atoms with van der Waals surface area (Å²) in [5.41, 5.74) is 2.00. The molecule has 2 aromatic carbocycles. The fourth-order valence-corrected chi connectivity index (χ4v) is 3.75. The van der Waals surface area contributed by atoms with E-state index in [1.165, 1.54) is 0 Å². The van der Waals surface area contributed by atoms with E-state index in [2.05, 4.69) is 6.07 Å². The number of carbonyl (C=O) groups is 1. The molecule has 0 unspecified atom stereocenters. The summed E-state index contributed by atoms with van der Waals surface area (Å²) in [4.78, 5) is 18.2. The summed E-state index contributed by atoms with van der Waals surface area (Å²) < 4.78 is 10.4. The molecule has 0 aliphatic heterocycles. The van der Waals surface area contributed by atoms with Crippen LogP contribution in [0.5, 0.6) is 11.5 Å². The summed E-state index contributed by atoms with van der Waals surface area (Å²) in [6.45, 7) is 1.56. The minimum Gasteiger partial charge on any atom is -0.497 e. The van der Waals surface area contributed by atoms with E-state index in [9.17, 15) is 4.79 Å². The molecule has 0 radical (unpaired) electrons. The number of ether oxygens (including phenoxy) is 2. The van der Waals surface area contributed by atoms with Crippen LogP contribution in [-0.4, -0.2) is 38.6 Å². The number of carbonyl (C=O) groups excluding carboxylic acids is 1. The van der Waals surface area contributed by atoms with Crippen molar-refractivity contribution in [2.24, 2.45) is 0 Å². The molecule has 29 heavy (non-hydrogen) atoms. The Balaban J connectivity index is 1.70. The first-order chi connectivity index (χ1) is 14.1. The van der Waals surface area contributed by atoms with Crippen molar-refractivity contribution >= 4 is 22.9 Å². The van der Waals surface area contributed by atoms with Crippen LogP contribution in [0.15, 0.2) is 66.0 Å². The van der Waals surface area contributed by atoms with E-state index in [0.717, 1.165) is 27.6 Å². The van der Waals surface area contributed by atoms with Crippen LogP contribution in [0, 0.1) is 0 Å². The number of anilines is 1. The number of hydrogen-bond donors (Lipinski definition) is 0. The van der Waals surface area contributed by atoms with E-state index in [0.29, 0.717) is 19.6 Å². The lowest BCUT2D eigenvalue weighted by molar-refractivity contribution is -0.119. The zero-order valence-corrected chi connectivity index (χ0v) is 17.8.